The molecule has 2 atom stereocenters. The van der Waals surface area contributed by atoms with Gasteiger partial charge in [-0.2, -0.15) is 0 Å². The summed E-state index contributed by atoms with van der Waals surface area (Å²) >= 11 is 0. The predicted molar refractivity (Wildman–Crippen MR) is 54.4 cm³/mol. The lowest BCUT2D eigenvalue weighted by Gasteiger charge is -2.04. The van der Waals surface area contributed by atoms with Gasteiger partial charge >= 0.3 is 0 Å². The molecule has 1 aliphatic rings. The summed E-state index contributed by atoms with van der Waals surface area (Å²) in [6.45, 7) is 9.14. The van der Waals surface area contributed by atoms with Crippen molar-refractivity contribution in [1.29, 1.82) is 0 Å². The van der Waals surface area contributed by atoms with Gasteiger partial charge in [-0.05, 0) is 6.42 Å². The van der Waals surface area contributed by atoms with E-state index in [9.17, 15) is 0 Å². The lowest BCUT2D eigenvalue weighted by Crippen LogP contribution is -2.16. The fourth-order valence-corrected chi connectivity index (χ4v) is 1.72. The maximum absolute atomic E-state index is 9.01. The van der Waals surface area contributed by atoms with Gasteiger partial charge < -0.3 is 5.11 Å². The summed E-state index contributed by atoms with van der Waals surface area (Å²) in [6.07, 6.45) is 1.08. The van der Waals surface area contributed by atoms with E-state index >= 15 is 0 Å². The molecule has 2 unspecified atom stereocenters. The molecule has 1 aliphatic carbocycles. The molecule has 0 aromatic heterocycles. The molecule has 2 heteroatoms. The second-order valence-corrected chi connectivity index (χ2v) is 9.84. The van der Waals surface area contributed by atoms with Crippen LogP contribution in [0.25, 0.3) is 0 Å². The summed E-state index contributed by atoms with van der Waals surface area (Å²) in [5, 5.41) is 9.01. The molecule has 1 nitrogen and oxygen atoms in total. The van der Waals surface area contributed by atoms with Crippen molar-refractivity contribution >= 4 is 8.07 Å². The van der Waals surface area contributed by atoms with Crippen molar-refractivity contribution in [2.24, 2.45) is 11.3 Å². The number of rotatable bonds is 1. The SMILES string of the molecule is CC1(CO)CC1C#C[Si](C)(C)C. The van der Waals surface area contributed by atoms with E-state index in [2.05, 4.69) is 38.0 Å². The molecule has 0 aromatic carbocycles. The molecule has 1 rings (SSSR count). The first-order chi connectivity index (χ1) is 5.37. The molecule has 0 spiro atoms. The number of aliphatic hydroxyl groups is 1. The standard InChI is InChI=1S/C10H18OSi/c1-10(8-11)7-9(10)5-6-12(2,3)4/h9,11H,7-8H2,1-4H3. The average Bonchev–Trinajstić information content (AvgIpc) is 2.58. The van der Waals surface area contributed by atoms with E-state index in [1.807, 2.05) is 0 Å². The van der Waals surface area contributed by atoms with Crippen LogP contribution in [0, 0.1) is 22.8 Å². The Morgan fingerprint density at radius 1 is 1.50 bits per heavy atom. The van der Waals surface area contributed by atoms with Crippen LogP contribution in [0.5, 0.6) is 0 Å². The van der Waals surface area contributed by atoms with Crippen LogP contribution in [0.4, 0.5) is 0 Å². The third kappa shape index (κ3) is 2.36. The Morgan fingerprint density at radius 2 is 2.08 bits per heavy atom. The smallest absolute Gasteiger partial charge is 0.129 e. The molecule has 12 heavy (non-hydrogen) atoms. The number of hydrogen-bond acceptors (Lipinski definition) is 1. The molecule has 0 aromatic rings. The highest BCUT2D eigenvalue weighted by atomic mass is 28.3. The largest absolute Gasteiger partial charge is 0.396 e. The fraction of sp³-hybridized carbons (Fsp3) is 0.800. The highest BCUT2D eigenvalue weighted by Crippen LogP contribution is 2.51. The molecule has 0 heterocycles. The van der Waals surface area contributed by atoms with E-state index in [-0.39, 0.29) is 12.0 Å². The average molecular weight is 182 g/mol. The highest BCUT2D eigenvalue weighted by molar-refractivity contribution is 6.83. The highest BCUT2D eigenvalue weighted by Gasteiger charge is 2.48. The van der Waals surface area contributed by atoms with Crippen molar-refractivity contribution in [3.8, 4) is 11.5 Å². The molecular weight excluding hydrogens is 164 g/mol. The van der Waals surface area contributed by atoms with Crippen molar-refractivity contribution in [3.05, 3.63) is 0 Å². The van der Waals surface area contributed by atoms with Crippen molar-refractivity contribution in [2.45, 2.75) is 33.0 Å². The van der Waals surface area contributed by atoms with E-state index in [0.29, 0.717) is 5.92 Å². The van der Waals surface area contributed by atoms with Crippen molar-refractivity contribution in [3.63, 3.8) is 0 Å². The summed E-state index contributed by atoms with van der Waals surface area (Å²) in [7, 11) is -1.20. The zero-order valence-electron chi connectivity index (χ0n) is 8.44. The van der Waals surface area contributed by atoms with Crippen LogP contribution >= 0.6 is 0 Å². The molecule has 0 bridgehead atoms. The summed E-state index contributed by atoms with van der Waals surface area (Å²) in [6, 6.07) is 0. The first-order valence-corrected chi connectivity index (χ1v) is 8.01. The Bertz CT molecular complexity index is 230. The Hall–Kier alpha value is -0.263. The second kappa shape index (κ2) is 2.90. The first kappa shape index (κ1) is 9.82. The van der Waals surface area contributed by atoms with Gasteiger partial charge in [-0.1, -0.05) is 26.6 Å². The first-order valence-electron chi connectivity index (χ1n) is 4.51. The minimum atomic E-state index is -1.20. The zero-order chi connectivity index (χ0) is 9.41. The fourth-order valence-electron chi connectivity index (χ4n) is 1.11. The van der Waals surface area contributed by atoms with Gasteiger partial charge in [0.05, 0.1) is 0 Å². The van der Waals surface area contributed by atoms with Crippen molar-refractivity contribution in [2.75, 3.05) is 6.61 Å². The maximum atomic E-state index is 9.01. The monoisotopic (exact) mass is 182 g/mol. The number of aliphatic hydroxyl groups excluding tert-OH is 1. The molecular formula is C10H18OSi. The van der Waals surface area contributed by atoms with E-state index in [1.54, 1.807) is 0 Å². The summed E-state index contributed by atoms with van der Waals surface area (Å²) in [5.41, 5.74) is 3.48. The summed E-state index contributed by atoms with van der Waals surface area (Å²) in [5.74, 6) is 3.76. The molecule has 0 amide bonds. The molecule has 0 aliphatic heterocycles. The van der Waals surface area contributed by atoms with E-state index in [0.717, 1.165) is 6.42 Å². The normalized spacial score (nSPS) is 33.9. The minimum Gasteiger partial charge on any atom is -0.396 e. The topological polar surface area (TPSA) is 20.2 Å². The third-order valence-corrected chi connectivity index (χ3v) is 3.23. The minimum absolute atomic E-state index is 0.132. The van der Waals surface area contributed by atoms with Crippen LogP contribution < -0.4 is 0 Å². The van der Waals surface area contributed by atoms with E-state index < -0.39 is 8.07 Å². The van der Waals surface area contributed by atoms with Crippen molar-refractivity contribution in [1.82, 2.24) is 0 Å². The van der Waals surface area contributed by atoms with Gasteiger partial charge in [-0.15, -0.1) is 11.5 Å². The molecule has 1 fully saturated rings. The summed E-state index contributed by atoms with van der Waals surface area (Å²) in [4.78, 5) is 0. The Labute approximate surface area is 76.2 Å². The second-order valence-electron chi connectivity index (χ2n) is 5.09. The van der Waals surface area contributed by atoms with Crippen molar-refractivity contribution < 1.29 is 5.11 Å². The lowest BCUT2D eigenvalue weighted by molar-refractivity contribution is 0.218. The molecule has 68 valence electrons. The van der Waals surface area contributed by atoms with Gasteiger partial charge in [-0.3, -0.25) is 0 Å². The Kier molecular flexibility index (Phi) is 2.37. The van der Waals surface area contributed by atoms with Crippen LogP contribution in [-0.4, -0.2) is 19.8 Å². The third-order valence-electron chi connectivity index (χ3n) is 2.33. The summed E-state index contributed by atoms with van der Waals surface area (Å²) < 4.78 is 0. The van der Waals surface area contributed by atoms with Crippen LogP contribution in [0.2, 0.25) is 19.6 Å². The molecule has 0 saturated heterocycles. The molecule has 0 radical (unpaired) electrons. The Morgan fingerprint density at radius 3 is 2.42 bits per heavy atom. The maximum Gasteiger partial charge on any atom is 0.129 e. The van der Waals surface area contributed by atoms with Gasteiger partial charge in [-0.25, -0.2) is 0 Å². The van der Waals surface area contributed by atoms with Crippen LogP contribution in [-0.2, 0) is 0 Å². The van der Waals surface area contributed by atoms with Gasteiger partial charge in [0.1, 0.15) is 8.07 Å². The Balaban J connectivity index is 2.50. The predicted octanol–water partition coefficient (Wildman–Crippen LogP) is 1.89. The van der Waals surface area contributed by atoms with Gasteiger partial charge in [0.15, 0.2) is 0 Å². The lowest BCUT2D eigenvalue weighted by atomic mass is 10.1. The zero-order valence-corrected chi connectivity index (χ0v) is 9.44. The van der Waals surface area contributed by atoms with E-state index in [4.69, 9.17) is 5.11 Å². The van der Waals surface area contributed by atoms with Gasteiger partial charge in [0.2, 0.25) is 0 Å². The van der Waals surface area contributed by atoms with Gasteiger partial charge in [0, 0.05) is 17.9 Å². The van der Waals surface area contributed by atoms with Crippen LogP contribution in [0.1, 0.15) is 13.3 Å². The molecule has 1 saturated carbocycles. The van der Waals surface area contributed by atoms with E-state index in [1.165, 1.54) is 0 Å². The number of hydrogen-bond donors (Lipinski definition) is 1. The molecule has 1 N–H and O–H groups in total. The van der Waals surface area contributed by atoms with Crippen LogP contribution in [0.15, 0.2) is 0 Å². The van der Waals surface area contributed by atoms with Crippen LogP contribution in [0.3, 0.4) is 0 Å². The quantitative estimate of drug-likeness (QED) is 0.485. The van der Waals surface area contributed by atoms with Gasteiger partial charge in [0.25, 0.3) is 0 Å².